The third kappa shape index (κ3) is 4.22. The van der Waals surface area contributed by atoms with Crippen LogP contribution in [0, 0.1) is 16.0 Å². The lowest BCUT2D eigenvalue weighted by atomic mass is 9.83. The van der Waals surface area contributed by atoms with Gasteiger partial charge < -0.3 is 4.74 Å². The summed E-state index contributed by atoms with van der Waals surface area (Å²) in [6.45, 7) is 2.65. The molecule has 0 bridgehead atoms. The van der Waals surface area contributed by atoms with Crippen molar-refractivity contribution in [2.75, 3.05) is 6.61 Å². The first-order valence-electron chi connectivity index (χ1n) is 9.56. The molecule has 1 N–H and O–H groups in total. The van der Waals surface area contributed by atoms with Crippen LogP contribution in [0.15, 0.2) is 24.3 Å². The molecule has 2 fully saturated rings. The van der Waals surface area contributed by atoms with E-state index in [1.54, 1.807) is 5.01 Å². The minimum absolute atomic E-state index is 0.0187. The number of carbonyl (C=O) groups is 1. The van der Waals surface area contributed by atoms with E-state index in [-0.39, 0.29) is 23.9 Å². The van der Waals surface area contributed by atoms with Gasteiger partial charge in [0.25, 0.3) is 11.6 Å². The van der Waals surface area contributed by atoms with E-state index >= 15 is 0 Å². The van der Waals surface area contributed by atoms with E-state index in [4.69, 9.17) is 4.74 Å². The zero-order valence-electron chi connectivity index (χ0n) is 15.2. The van der Waals surface area contributed by atoms with Crippen LogP contribution >= 0.6 is 0 Å². The Balaban J connectivity index is 1.73. The molecule has 142 valence electrons. The highest BCUT2D eigenvalue weighted by Crippen LogP contribution is 2.32. The van der Waals surface area contributed by atoms with E-state index in [0.29, 0.717) is 18.1 Å². The summed E-state index contributed by atoms with van der Waals surface area (Å²) in [5, 5.41) is 12.4. The normalized spacial score (nSPS) is 24.0. The molecule has 1 aliphatic carbocycles. The minimum Gasteiger partial charge on any atom is -0.357 e. The van der Waals surface area contributed by atoms with Gasteiger partial charge in [-0.25, -0.2) is 10.4 Å². The Bertz CT molecular complexity index is 628. The molecule has 1 amide bonds. The number of nitro benzene ring substituents is 1. The Morgan fingerprint density at radius 1 is 1.27 bits per heavy atom. The van der Waals surface area contributed by atoms with Gasteiger partial charge in [-0.3, -0.25) is 14.9 Å². The van der Waals surface area contributed by atoms with Crippen molar-refractivity contribution in [3.05, 3.63) is 39.9 Å². The highest BCUT2D eigenvalue weighted by Gasteiger charge is 2.39. The van der Waals surface area contributed by atoms with Gasteiger partial charge in [0, 0.05) is 36.8 Å². The summed E-state index contributed by atoms with van der Waals surface area (Å²) < 4.78 is 5.92. The third-order valence-electron chi connectivity index (χ3n) is 5.33. The third-order valence-corrected chi connectivity index (χ3v) is 5.33. The van der Waals surface area contributed by atoms with Crippen LogP contribution in [-0.2, 0) is 4.74 Å². The number of carbonyl (C=O) groups excluding carboxylic acids is 1. The molecule has 1 aromatic carbocycles. The first-order chi connectivity index (χ1) is 12.6. The van der Waals surface area contributed by atoms with Crippen molar-refractivity contribution in [1.82, 2.24) is 10.4 Å². The lowest BCUT2D eigenvalue weighted by molar-refractivity contribution is -0.384. The fourth-order valence-electron chi connectivity index (χ4n) is 3.92. The van der Waals surface area contributed by atoms with Gasteiger partial charge in [-0.05, 0) is 37.3 Å². The number of benzene rings is 1. The van der Waals surface area contributed by atoms with Gasteiger partial charge >= 0.3 is 0 Å². The van der Waals surface area contributed by atoms with Crippen molar-refractivity contribution < 1.29 is 14.5 Å². The van der Waals surface area contributed by atoms with Crippen LogP contribution in [-0.4, -0.2) is 34.7 Å². The number of hydrazine groups is 1. The van der Waals surface area contributed by atoms with Crippen molar-refractivity contribution in [2.24, 2.45) is 5.92 Å². The zero-order chi connectivity index (χ0) is 18.5. The van der Waals surface area contributed by atoms with Gasteiger partial charge in [-0.15, -0.1) is 0 Å². The van der Waals surface area contributed by atoms with Gasteiger partial charge in [0.15, 0.2) is 0 Å². The van der Waals surface area contributed by atoms with Gasteiger partial charge in [0.05, 0.1) is 4.92 Å². The second-order valence-electron chi connectivity index (χ2n) is 7.17. The van der Waals surface area contributed by atoms with Gasteiger partial charge in [0.2, 0.25) is 0 Å². The fourth-order valence-corrected chi connectivity index (χ4v) is 3.92. The predicted octanol–water partition coefficient (Wildman–Crippen LogP) is 3.65. The molecule has 2 atom stereocenters. The zero-order valence-corrected chi connectivity index (χ0v) is 15.2. The maximum Gasteiger partial charge on any atom is 0.270 e. The lowest BCUT2D eigenvalue weighted by Gasteiger charge is -2.28. The summed E-state index contributed by atoms with van der Waals surface area (Å²) in [4.78, 5) is 23.3. The monoisotopic (exact) mass is 361 g/mol. The number of rotatable bonds is 6. The molecule has 0 aromatic heterocycles. The number of nitrogens with one attached hydrogen (secondary N) is 1. The first kappa shape index (κ1) is 18.8. The van der Waals surface area contributed by atoms with Crippen molar-refractivity contribution in [3.63, 3.8) is 0 Å². The van der Waals surface area contributed by atoms with Crippen molar-refractivity contribution in [2.45, 2.75) is 64.1 Å². The Kier molecular flexibility index (Phi) is 6.21. The fraction of sp³-hybridized carbons (Fsp3) is 0.632. The first-order valence-corrected chi connectivity index (χ1v) is 9.56. The van der Waals surface area contributed by atoms with E-state index in [0.717, 1.165) is 12.8 Å². The van der Waals surface area contributed by atoms with E-state index in [1.807, 2.05) is 6.92 Å². The molecule has 1 unspecified atom stereocenters. The standard InChI is InChI=1S/C19H27N3O4/c1-2-12-26-18-13-17(14-6-4-3-5-7-14)20-21(18)19(23)15-8-10-16(11-9-15)22(24)25/h8-11,14,17-18,20H,2-7,12-13H2,1H3/t17-,18?/m1/s1. The Morgan fingerprint density at radius 3 is 2.58 bits per heavy atom. The molecule has 7 heteroatoms. The molecular formula is C19H27N3O4. The molecule has 2 aliphatic rings. The number of amides is 1. The predicted molar refractivity (Wildman–Crippen MR) is 97.4 cm³/mol. The van der Waals surface area contributed by atoms with Crippen LogP contribution in [0.25, 0.3) is 0 Å². The summed E-state index contributed by atoms with van der Waals surface area (Å²) in [5.41, 5.74) is 3.79. The Morgan fingerprint density at radius 2 is 1.96 bits per heavy atom. The average molecular weight is 361 g/mol. The minimum atomic E-state index is -0.464. The van der Waals surface area contributed by atoms with Crippen LogP contribution in [0.1, 0.15) is 62.2 Å². The van der Waals surface area contributed by atoms with Gasteiger partial charge in [-0.1, -0.05) is 26.2 Å². The van der Waals surface area contributed by atoms with E-state index < -0.39 is 4.92 Å². The van der Waals surface area contributed by atoms with E-state index in [2.05, 4.69) is 5.43 Å². The number of hydrogen-bond donors (Lipinski definition) is 1. The van der Waals surface area contributed by atoms with Gasteiger partial charge in [-0.2, -0.15) is 0 Å². The highest BCUT2D eigenvalue weighted by molar-refractivity contribution is 5.94. The molecule has 7 nitrogen and oxygen atoms in total. The highest BCUT2D eigenvalue weighted by atomic mass is 16.6. The number of hydrogen-bond acceptors (Lipinski definition) is 5. The number of nitrogens with zero attached hydrogens (tertiary/aromatic N) is 2. The Hall–Kier alpha value is -1.99. The maximum atomic E-state index is 12.9. The lowest BCUT2D eigenvalue weighted by Crippen LogP contribution is -2.46. The SMILES string of the molecule is CCCOC1C[C@H](C2CCCCC2)NN1C(=O)c1ccc([N+](=O)[O-])cc1. The molecule has 1 saturated carbocycles. The second kappa shape index (κ2) is 8.60. The van der Waals surface area contributed by atoms with Crippen molar-refractivity contribution in [3.8, 4) is 0 Å². The van der Waals surface area contributed by atoms with Crippen LogP contribution in [0.3, 0.4) is 0 Å². The van der Waals surface area contributed by atoms with E-state index in [9.17, 15) is 14.9 Å². The molecule has 1 aromatic rings. The second-order valence-corrected chi connectivity index (χ2v) is 7.17. The number of nitro groups is 1. The molecule has 0 spiro atoms. The smallest absolute Gasteiger partial charge is 0.270 e. The summed E-state index contributed by atoms with van der Waals surface area (Å²) in [7, 11) is 0. The van der Waals surface area contributed by atoms with E-state index in [1.165, 1.54) is 56.4 Å². The Labute approximate surface area is 153 Å². The van der Waals surface area contributed by atoms with Gasteiger partial charge in [0.1, 0.15) is 6.23 Å². The van der Waals surface area contributed by atoms with Crippen molar-refractivity contribution >= 4 is 11.6 Å². The average Bonchev–Trinajstić information content (AvgIpc) is 3.10. The van der Waals surface area contributed by atoms with Crippen LogP contribution in [0.4, 0.5) is 5.69 Å². The molecule has 1 aliphatic heterocycles. The van der Waals surface area contributed by atoms with Crippen LogP contribution < -0.4 is 5.43 Å². The largest absolute Gasteiger partial charge is 0.357 e. The summed E-state index contributed by atoms with van der Waals surface area (Å²) in [6.07, 6.45) is 7.58. The summed E-state index contributed by atoms with van der Waals surface area (Å²) in [5.74, 6) is 0.380. The molecule has 1 saturated heterocycles. The van der Waals surface area contributed by atoms with Crippen LogP contribution in [0.5, 0.6) is 0 Å². The summed E-state index contributed by atoms with van der Waals surface area (Å²) >= 11 is 0. The quantitative estimate of drug-likeness (QED) is 0.617. The number of ether oxygens (including phenoxy) is 1. The molecule has 3 rings (SSSR count). The van der Waals surface area contributed by atoms with Crippen molar-refractivity contribution in [1.29, 1.82) is 0 Å². The maximum absolute atomic E-state index is 12.9. The molecule has 26 heavy (non-hydrogen) atoms. The summed E-state index contributed by atoms with van der Waals surface area (Å²) in [6, 6.07) is 5.99. The molecule has 0 radical (unpaired) electrons. The van der Waals surface area contributed by atoms with Crippen LogP contribution in [0.2, 0.25) is 0 Å². The molecular weight excluding hydrogens is 334 g/mol. The number of non-ortho nitro benzene ring substituents is 1. The topological polar surface area (TPSA) is 84.7 Å². The molecule has 1 heterocycles.